The Hall–Kier alpha value is -3.81. The van der Waals surface area contributed by atoms with Gasteiger partial charge in [-0.15, -0.1) is 5.10 Å². The Morgan fingerprint density at radius 2 is 1.89 bits per heavy atom. The van der Waals surface area contributed by atoms with E-state index >= 15 is 0 Å². The van der Waals surface area contributed by atoms with E-state index in [2.05, 4.69) is 21.6 Å². The Labute approximate surface area is 161 Å². The van der Waals surface area contributed by atoms with Gasteiger partial charge < -0.3 is 4.42 Å². The first-order valence-electron chi connectivity index (χ1n) is 8.53. The molecule has 142 valence electrons. The van der Waals surface area contributed by atoms with E-state index in [0.29, 0.717) is 17.9 Å². The molecule has 0 aliphatic heterocycles. The van der Waals surface area contributed by atoms with E-state index in [-0.39, 0.29) is 11.7 Å². The second-order valence-electron chi connectivity index (χ2n) is 6.27. The molecule has 0 atom stereocenters. The van der Waals surface area contributed by atoms with Crippen LogP contribution in [0.15, 0.2) is 53.0 Å². The minimum absolute atomic E-state index is 0.0104. The molecule has 2 aromatic carbocycles. The van der Waals surface area contributed by atoms with Gasteiger partial charge in [-0.05, 0) is 54.3 Å². The van der Waals surface area contributed by atoms with Gasteiger partial charge in [0.25, 0.3) is 11.6 Å². The lowest BCUT2D eigenvalue weighted by Crippen LogP contribution is -2.07. The molecule has 0 unspecified atom stereocenters. The van der Waals surface area contributed by atoms with Gasteiger partial charge in [0.2, 0.25) is 5.89 Å². The summed E-state index contributed by atoms with van der Waals surface area (Å²) < 4.78 is 5.46. The highest BCUT2D eigenvalue weighted by Crippen LogP contribution is 2.15. The van der Waals surface area contributed by atoms with E-state index in [1.165, 1.54) is 35.4 Å². The zero-order valence-corrected chi connectivity index (χ0v) is 15.4. The van der Waals surface area contributed by atoms with E-state index in [4.69, 9.17) is 4.42 Å². The lowest BCUT2D eigenvalue weighted by Gasteiger charge is -2.02. The molecule has 1 N–H and O–H groups in total. The van der Waals surface area contributed by atoms with Crippen molar-refractivity contribution < 1.29 is 14.1 Å². The van der Waals surface area contributed by atoms with Crippen LogP contribution in [0.4, 0.5) is 11.7 Å². The first kappa shape index (κ1) is 19.0. The molecule has 0 fully saturated rings. The van der Waals surface area contributed by atoms with Crippen LogP contribution in [0.3, 0.4) is 0 Å². The summed E-state index contributed by atoms with van der Waals surface area (Å²) in [6.07, 6.45) is 3.29. The van der Waals surface area contributed by atoms with Crippen molar-refractivity contribution in [3.63, 3.8) is 0 Å². The molecule has 0 spiro atoms. The number of nitrogens with one attached hydrogen (secondary N) is 1. The maximum atomic E-state index is 12.0. The van der Waals surface area contributed by atoms with Crippen LogP contribution in [0.25, 0.3) is 6.08 Å². The summed E-state index contributed by atoms with van der Waals surface area (Å²) in [6, 6.07) is 11.9. The molecule has 0 aliphatic carbocycles. The molecule has 1 amide bonds. The Morgan fingerprint density at radius 1 is 1.14 bits per heavy atom. The van der Waals surface area contributed by atoms with E-state index in [0.717, 1.165) is 5.56 Å². The molecule has 8 heteroatoms. The highest BCUT2D eigenvalue weighted by atomic mass is 16.6. The van der Waals surface area contributed by atoms with Crippen molar-refractivity contribution >= 4 is 23.7 Å². The van der Waals surface area contributed by atoms with E-state index < -0.39 is 10.8 Å². The lowest BCUT2D eigenvalue weighted by atomic mass is 10.0. The van der Waals surface area contributed by atoms with Crippen molar-refractivity contribution in [2.45, 2.75) is 20.3 Å². The number of benzene rings is 2. The van der Waals surface area contributed by atoms with Crippen molar-refractivity contribution in [2.24, 2.45) is 0 Å². The maximum absolute atomic E-state index is 12.0. The van der Waals surface area contributed by atoms with Crippen LogP contribution in [0.5, 0.6) is 0 Å². The van der Waals surface area contributed by atoms with Gasteiger partial charge in [0.1, 0.15) is 0 Å². The standard InChI is InChI=1S/C20H18N4O4/c1-13-3-4-16(11-14(13)2)12-19-22-23-20(28-19)21-18(25)10-7-15-5-8-17(9-6-15)24(26)27/h3-11H,12H2,1-2H3,(H,21,23,25)/b10-7+. The number of carbonyl (C=O) groups excluding carboxylic acids is 1. The predicted octanol–water partition coefficient (Wildman–Crippen LogP) is 3.84. The summed E-state index contributed by atoms with van der Waals surface area (Å²) in [5.41, 5.74) is 4.08. The number of nitrogens with zero attached hydrogens (tertiary/aromatic N) is 3. The van der Waals surface area contributed by atoms with Gasteiger partial charge in [-0.3, -0.25) is 20.2 Å². The smallest absolute Gasteiger partial charge is 0.322 e. The molecule has 0 bridgehead atoms. The normalized spacial score (nSPS) is 10.9. The first-order chi connectivity index (χ1) is 13.4. The molecular weight excluding hydrogens is 360 g/mol. The zero-order chi connectivity index (χ0) is 20.1. The van der Waals surface area contributed by atoms with E-state index in [1.54, 1.807) is 12.1 Å². The Bertz CT molecular complexity index is 1040. The molecule has 1 aromatic heterocycles. The van der Waals surface area contributed by atoms with Gasteiger partial charge in [-0.1, -0.05) is 23.3 Å². The van der Waals surface area contributed by atoms with E-state index in [1.807, 2.05) is 26.0 Å². The van der Waals surface area contributed by atoms with Crippen LogP contribution in [0.2, 0.25) is 0 Å². The topological polar surface area (TPSA) is 111 Å². The number of carbonyl (C=O) groups is 1. The number of aryl methyl sites for hydroxylation is 2. The first-order valence-corrected chi connectivity index (χ1v) is 8.53. The molecule has 0 radical (unpaired) electrons. The Balaban J connectivity index is 1.58. The molecule has 0 saturated carbocycles. The van der Waals surface area contributed by atoms with Crippen LogP contribution in [0.1, 0.15) is 28.1 Å². The molecule has 0 aliphatic rings. The SMILES string of the molecule is Cc1ccc(Cc2nnc(NC(=O)/C=C/c3ccc([N+](=O)[O-])cc3)o2)cc1C. The monoisotopic (exact) mass is 378 g/mol. The Morgan fingerprint density at radius 3 is 2.57 bits per heavy atom. The number of nitro benzene ring substituents is 1. The number of hydrogen-bond acceptors (Lipinski definition) is 6. The number of nitro groups is 1. The second-order valence-corrected chi connectivity index (χ2v) is 6.27. The quantitative estimate of drug-likeness (QED) is 0.396. The van der Waals surface area contributed by atoms with Crippen LogP contribution in [0, 0.1) is 24.0 Å². The number of aromatic nitrogens is 2. The van der Waals surface area contributed by atoms with Crippen molar-refractivity contribution in [3.05, 3.63) is 86.8 Å². The number of amides is 1. The van der Waals surface area contributed by atoms with Crippen molar-refractivity contribution in [3.8, 4) is 0 Å². The van der Waals surface area contributed by atoms with Crippen molar-refractivity contribution in [1.82, 2.24) is 10.2 Å². The molecular formula is C20H18N4O4. The number of non-ortho nitro benzene ring substituents is 1. The summed E-state index contributed by atoms with van der Waals surface area (Å²) in [7, 11) is 0. The van der Waals surface area contributed by atoms with Crippen LogP contribution >= 0.6 is 0 Å². The zero-order valence-electron chi connectivity index (χ0n) is 15.4. The van der Waals surface area contributed by atoms with Gasteiger partial charge in [0.15, 0.2) is 0 Å². The van der Waals surface area contributed by atoms with Crippen molar-refractivity contribution in [1.29, 1.82) is 0 Å². The molecule has 3 aromatic rings. The van der Waals surface area contributed by atoms with Gasteiger partial charge in [0, 0.05) is 18.2 Å². The minimum Gasteiger partial charge on any atom is -0.407 e. The summed E-state index contributed by atoms with van der Waals surface area (Å²) in [5.74, 6) is -0.0439. The Kier molecular flexibility index (Phi) is 5.59. The molecule has 1 heterocycles. The highest BCUT2D eigenvalue weighted by Gasteiger charge is 2.09. The van der Waals surface area contributed by atoms with Crippen LogP contribution < -0.4 is 5.32 Å². The van der Waals surface area contributed by atoms with Gasteiger partial charge >= 0.3 is 6.01 Å². The third kappa shape index (κ3) is 4.88. The average molecular weight is 378 g/mol. The highest BCUT2D eigenvalue weighted by molar-refractivity contribution is 6.00. The summed E-state index contributed by atoms with van der Waals surface area (Å²) in [4.78, 5) is 22.1. The van der Waals surface area contributed by atoms with Crippen LogP contribution in [-0.2, 0) is 11.2 Å². The maximum Gasteiger partial charge on any atom is 0.322 e. The predicted molar refractivity (Wildman–Crippen MR) is 104 cm³/mol. The van der Waals surface area contributed by atoms with Gasteiger partial charge in [-0.2, -0.15) is 0 Å². The minimum atomic E-state index is -0.481. The third-order valence-corrected chi connectivity index (χ3v) is 4.15. The summed E-state index contributed by atoms with van der Waals surface area (Å²) in [6.45, 7) is 4.08. The number of rotatable bonds is 6. The fraction of sp³-hybridized carbons (Fsp3) is 0.150. The van der Waals surface area contributed by atoms with Crippen LogP contribution in [-0.4, -0.2) is 21.0 Å². The average Bonchev–Trinajstić information content (AvgIpc) is 3.10. The second kappa shape index (κ2) is 8.26. The molecule has 3 rings (SSSR count). The largest absolute Gasteiger partial charge is 0.407 e. The molecule has 28 heavy (non-hydrogen) atoms. The fourth-order valence-electron chi connectivity index (χ4n) is 2.49. The van der Waals surface area contributed by atoms with E-state index in [9.17, 15) is 14.9 Å². The number of hydrogen-bond donors (Lipinski definition) is 1. The number of anilines is 1. The summed E-state index contributed by atoms with van der Waals surface area (Å²) >= 11 is 0. The molecule has 0 saturated heterocycles. The summed E-state index contributed by atoms with van der Waals surface area (Å²) in [5, 5.41) is 20.9. The van der Waals surface area contributed by atoms with Gasteiger partial charge in [-0.25, -0.2) is 0 Å². The molecule has 8 nitrogen and oxygen atoms in total. The van der Waals surface area contributed by atoms with Gasteiger partial charge in [0.05, 0.1) is 11.3 Å². The lowest BCUT2D eigenvalue weighted by molar-refractivity contribution is -0.384. The third-order valence-electron chi connectivity index (χ3n) is 4.15. The van der Waals surface area contributed by atoms with Crippen molar-refractivity contribution in [2.75, 3.05) is 5.32 Å². The fourth-order valence-corrected chi connectivity index (χ4v) is 2.49.